The number of aryl methyl sites for hydroxylation is 1. The molecule has 24 heavy (non-hydrogen) atoms. The zero-order valence-corrected chi connectivity index (χ0v) is 15.1. The molecule has 6 nitrogen and oxygen atoms in total. The summed E-state index contributed by atoms with van der Waals surface area (Å²) in [5.41, 5.74) is 2.56. The SMILES string of the molecule is Cc1ccc2c(c1)N(CCCC(=O)O)C(C)(C)CC2CS(=O)(=O)O. The van der Waals surface area contributed by atoms with E-state index in [1.165, 1.54) is 0 Å². The topological polar surface area (TPSA) is 94.9 Å². The number of aliphatic carboxylic acids is 1. The molecule has 1 atom stereocenters. The monoisotopic (exact) mass is 355 g/mol. The van der Waals surface area contributed by atoms with Crippen molar-refractivity contribution in [2.75, 3.05) is 17.2 Å². The Labute approximate surface area is 143 Å². The van der Waals surface area contributed by atoms with Crippen molar-refractivity contribution in [1.82, 2.24) is 0 Å². The lowest BCUT2D eigenvalue weighted by Crippen LogP contribution is -2.50. The Morgan fingerprint density at radius 1 is 1.38 bits per heavy atom. The van der Waals surface area contributed by atoms with Crippen molar-refractivity contribution in [1.29, 1.82) is 0 Å². The Kier molecular flexibility index (Phi) is 5.25. The van der Waals surface area contributed by atoms with Gasteiger partial charge in [0, 0.05) is 30.1 Å². The summed E-state index contributed by atoms with van der Waals surface area (Å²) in [4.78, 5) is 13.0. The van der Waals surface area contributed by atoms with Crippen molar-refractivity contribution in [3.8, 4) is 0 Å². The van der Waals surface area contributed by atoms with Crippen LogP contribution in [0.3, 0.4) is 0 Å². The minimum absolute atomic E-state index is 0.0994. The van der Waals surface area contributed by atoms with E-state index in [0.717, 1.165) is 16.8 Å². The van der Waals surface area contributed by atoms with Crippen LogP contribution in [0, 0.1) is 6.92 Å². The molecule has 2 N–H and O–H groups in total. The van der Waals surface area contributed by atoms with Gasteiger partial charge in [-0.05, 0) is 50.8 Å². The van der Waals surface area contributed by atoms with Gasteiger partial charge in [0.2, 0.25) is 0 Å². The fourth-order valence-corrected chi connectivity index (χ4v) is 4.40. The lowest BCUT2D eigenvalue weighted by Gasteiger charge is -2.48. The lowest BCUT2D eigenvalue weighted by molar-refractivity contribution is -0.137. The molecule has 1 heterocycles. The van der Waals surface area contributed by atoms with Gasteiger partial charge in [-0.2, -0.15) is 8.42 Å². The summed E-state index contributed by atoms with van der Waals surface area (Å²) in [5.74, 6) is -1.39. The van der Waals surface area contributed by atoms with Gasteiger partial charge in [-0.15, -0.1) is 0 Å². The molecule has 0 bridgehead atoms. The van der Waals surface area contributed by atoms with Gasteiger partial charge in [-0.3, -0.25) is 9.35 Å². The predicted octanol–water partition coefficient (Wildman–Crippen LogP) is 2.82. The van der Waals surface area contributed by atoms with Gasteiger partial charge in [-0.25, -0.2) is 0 Å². The molecule has 0 radical (unpaired) electrons. The number of carboxylic acid groups (broad SMARTS) is 1. The Morgan fingerprint density at radius 3 is 2.62 bits per heavy atom. The summed E-state index contributed by atoms with van der Waals surface area (Å²) in [6, 6.07) is 5.86. The average molecular weight is 355 g/mol. The number of hydrogen-bond donors (Lipinski definition) is 2. The highest BCUT2D eigenvalue weighted by atomic mass is 32.2. The first-order valence-corrected chi connectivity index (χ1v) is 9.66. The molecule has 0 fully saturated rings. The van der Waals surface area contributed by atoms with Crippen LogP contribution in [0.5, 0.6) is 0 Å². The fourth-order valence-electron chi connectivity index (χ4n) is 3.60. The Morgan fingerprint density at radius 2 is 2.04 bits per heavy atom. The number of fused-ring (bicyclic) bond motifs is 1. The van der Waals surface area contributed by atoms with E-state index >= 15 is 0 Å². The molecule has 1 aromatic carbocycles. The number of anilines is 1. The van der Waals surface area contributed by atoms with Crippen molar-refractivity contribution >= 4 is 21.8 Å². The highest BCUT2D eigenvalue weighted by Crippen LogP contribution is 2.44. The Bertz CT molecular complexity index is 726. The summed E-state index contributed by atoms with van der Waals surface area (Å²) in [5, 5.41) is 8.87. The second-order valence-electron chi connectivity index (χ2n) is 7.17. The largest absolute Gasteiger partial charge is 0.481 e. The molecule has 7 heteroatoms. The van der Waals surface area contributed by atoms with Crippen LogP contribution < -0.4 is 4.90 Å². The quantitative estimate of drug-likeness (QED) is 0.762. The van der Waals surface area contributed by atoms with Crippen LogP contribution in [-0.4, -0.2) is 41.9 Å². The molecule has 1 aliphatic heterocycles. The molecule has 134 valence electrons. The zero-order chi connectivity index (χ0) is 18.1. The fraction of sp³-hybridized carbons (Fsp3) is 0.588. The van der Waals surface area contributed by atoms with Gasteiger partial charge in [0.15, 0.2) is 0 Å². The first-order chi connectivity index (χ1) is 11.0. The minimum Gasteiger partial charge on any atom is -0.481 e. The first-order valence-electron chi connectivity index (χ1n) is 8.05. The van der Waals surface area contributed by atoms with Crippen LogP contribution in [0.15, 0.2) is 18.2 Å². The van der Waals surface area contributed by atoms with Gasteiger partial charge in [0.25, 0.3) is 10.1 Å². The number of benzene rings is 1. The van der Waals surface area contributed by atoms with Crippen LogP contribution in [0.1, 0.15) is 50.2 Å². The van der Waals surface area contributed by atoms with Crippen LogP contribution >= 0.6 is 0 Å². The van der Waals surface area contributed by atoms with Crippen molar-refractivity contribution in [3.05, 3.63) is 29.3 Å². The summed E-state index contributed by atoms with van der Waals surface area (Å²) < 4.78 is 32.1. The lowest BCUT2D eigenvalue weighted by atomic mass is 9.79. The highest BCUT2D eigenvalue weighted by Gasteiger charge is 2.39. The van der Waals surface area contributed by atoms with Gasteiger partial charge in [-0.1, -0.05) is 12.1 Å². The maximum Gasteiger partial charge on any atom is 0.303 e. The van der Waals surface area contributed by atoms with E-state index in [0.29, 0.717) is 19.4 Å². The molecule has 0 spiro atoms. The van der Waals surface area contributed by atoms with Crippen molar-refractivity contribution in [3.63, 3.8) is 0 Å². The Balaban J connectivity index is 2.39. The van der Waals surface area contributed by atoms with Gasteiger partial charge in [0.05, 0.1) is 5.75 Å². The summed E-state index contributed by atoms with van der Waals surface area (Å²) in [7, 11) is -4.07. The maximum absolute atomic E-state index is 11.4. The van der Waals surface area contributed by atoms with E-state index in [1.54, 1.807) is 0 Å². The third-order valence-corrected chi connectivity index (χ3v) is 5.40. The van der Waals surface area contributed by atoms with Crippen molar-refractivity contribution < 1.29 is 22.9 Å². The van der Waals surface area contributed by atoms with Crippen LogP contribution in [0.25, 0.3) is 0 Å². The molecular formula is C17H25NO5S. The van der Waals surface area contributed by atoms with Gasteiger partial charge in [0.1, 0.15) is 0 Å². The summed E-state index contributed by atoms with van der Waals surface area (Å²) in [6.45, 7) is 6.61. The van der Waals surface area contributed by atoms with Crippen LogP contribution in [-0.2, 0) is 14.9 Å². The number of carbonyl (C=O) groups is 1. The number of hydrogen-bond acceptors (Lipinski definition) is 4. The third kappa shape index (κ3) is 4.48. The second kappa shape index (κ2) is 6.72. The molecule has 1 aliphatic rings. The molecule has 1 unspecified atom stereocenters. The van der Waals surface area contributed by atoms with E-state index in [4.69, 9.17) is 5.11 Å². The molecule has 1 aromatic rings. The first kappa shape index (κ1) is 18.7. The predicted molar refractivity (Wildman–Crippen MR) is 93.2 cm³/mol. The maximum atomic E-state index is 11.4. The number of rotatable bonds is 6. The molecular weight excluding hydrogens is 330 g/mol. The third-order valence-electron chi connectivity index (χ3n) is 4.58. The summed E-state index contributed by atoms with van der Waals surface area (Å²) in [6.07, 6.45) is 1.20. The normalized spacial score (nSPS) is 19.8. The van der Waals surface area contributed by atoms with Crippen molar-refractivity contribution in [2.24, 2.45) is 0 Å². The Hall–Kier alpha value is -1.60. The van der Waals surface area contributed by atoms with Crippen molar-refractivity contribution in [2.45, 2.75) is 51.5 Å². The molecule has 0 amide bonds. The average Bonchev–Trinajstić information content (AvgIpc) is 2.39. The molecule has 0 saturated carbocycles. The van der Waals surface area contributed by atoms with Crippen LogP contribution in [0.4, 0.5) is 5.69 Å². The second-order valence-corrected chi connectivity index (χ2v) is 8.67. The highest BCUT2D eigenvalue weighted by molar-refractivity contribution is 7.85. The number of carboxylic acids is 1. The zero-order valence-electron chi connectivity index (χ0n) is 14.3. The molecule has 0 saturated heterocycles. The van der Waals surface area contributed by atoms with Gasteiger partial charge < -0.3 is 10.0 Å². The smallest absolute Gasteiger partial charge is 0.303 e. The van der Waals surface area contributed by atoms with E-state index < -0.39 is 16.1 Å². The van der Waals surface area contributed by atoms with E-state index in [2.05, 4.69) is 4.90 Å². The molecule has 0 aromatic heterocycles. The number of nitrogens with zero attached hydrogens (tertiary/aromatic N) is 1. The minimum atomic E-state index is -4.07. The van der Waals surface area contributed by atoms with E-state index in [-0.39, 0.29) is 23.6 Å². The van der Waals surface area contributed by atoms with E-state index in [9.17, 15) is 17.8 Å². The molecule has 2 rings (SSSR count). The molecule has 0 aliphatic carbocycles. The van der Waals surface area contributed by atoms with Gasteiger partial charge >= 0.3 is 5.97 Å². The van der Waals surface area contributed by atoms with Crippen LogP contribution in [0.2, 0.25) is 0 Å². The van der Waals surface area contributed by atoms with E-state index in [1.807, 2.05) is 39.0 Å². The standard InChI is InChI=1S/C17H25NO5S/c1-12-6-7-14-13(11-24(21,22)23)10-17(2,3)18(15(14)9-12)8-4-5-16(19)20/h6-7,9,13H,4-5,8,10-11H2,1-3H3,(H,19,20)(H,21,22,23). The summed E-state index contributed by atoms with van der Waals surface area (Å²) >= 11 is 0.